The third-order valence-electron chi connectivity index (χ3n) is 5.36. The fourth-order valence-electron chi connectivity index (χ4n) is 3.71. The zero-order valence-corrected chi connectivity index (χ0v) is 18.8. The standard InChI is InChI=1S/C25H28N2O3S/c1-18-5-3-6-19(2)24(18)30-16-21-14-23(31-17-21)25(28)26-22-8-4-7-20(13-22)15-27-9-11-29-12-10-27/h3-8,13-14,17H,9-12,15-16H2,1-2H3,(H,26,28). The minimum absolute atomic E-state index is 0.0909. The summed E-state index contributed by atoms with van der Waals surface area (Å²) < 4.78 is 11.4. The molecule has 1 saturated heterocycles. The van der Waals surface area contributed by atoms with Crippen LogP contribution < -0.4 is 10.1 Å². The quantitative estimate of drug-likeness (QED) is 0.564. The van der Waals surface area contributed by atoms with Crippen LogP contribution in [0.3, 0.4) is 0 Å². The number of nitrogens with zero attached hydrogens (tertiary/aromatic N) is 1. The Morgan fingerprint density at radius 3 is 2.58 bits per heavy atom. The van der Waals surface area contributed by atoms with E-state index < -0.39 is 0 Å². The monoisotopic (exact) mass is 436 g/mol. The molecule has 1 amide bonds. The van der Waals surface area contributed by atoms with Gasteiger partial charge >= 0.3 is 0 Å². The highest BCUT2D eigenvalue weighted by Crippen LogP contribution is 2.25. The molecule has 1 aliphatic heterocycles. The average molecular weight is 437 g/mol. The van der Waals surface area contributed by atoms with Gasteiger partial charge in [0, 0.05) is 30.9 Å². The van der Waals surface area contributed by atoms with Crippen molar-refractivity contribution in [1.82, 2.24) is 4.90 Å². The first-order valence-corrected chi connectivity index (χ1v) is 11.4. The molecule has 6 heteroatoms. The van der Waals surface area contributed by atoms with Crippen LogP contribution in [0, 0.1) is 13.8 Å². The van der Waals surface area contributed by atoms with Gasteiger partial charge in [-0.3, -0.25) is 9.69 Å². The number of thiophene rings is 1. The number of morpholine rings is 1. The van der Waals surface area contributed by atoms with E-state index in [1.807, 2.05) is 61.7 Å². The van der Waals surface area contributed by atoms with Crippen molar-refractivity contribution in [3.8, 4) is 5.75 Å². The summed E-state index contributed by atoms with van der Waals surface area (Å²) in [6.07, 6.45) is 0. The van der Waals surface area contributed by atoms with Gasteiger partial charge in [0.15, 0.2) is 0 Å². The molecule has 5 nitrogen and oxygen atoms in total. The van der Waals surface area contributed by atoms with Gasteiger partial charge in [0.05, 0.1) is 18.1 Å². The SMILES string of the molecule is Cc1cccc(C)c1OCc1csc(C(=O)Nc2cccc(CN3CCOCC3)c2)c1. The van der Waals surface area contributed by atoms with E-state index in [-0.39, 0.29) is 5.91 Å². The van der Waals surface area contributed by atoms with Crippen molar-refractivity contribution in [3.05, 3.63) is 81.0 Å². The van der Waals surface area contributed by atoms with E-state index in [1.165, 1.54) is 16.9 Å². The van der Waals surface area contributed by atoms with Crippen molar-refractivity contribution in [1.29, 1.82) is 0 Å². The van der Waals surface area contributed by atoms with Crippen LogP contribution in [0.1, 0.15) is 31.9 Å². The number of benzene rings is 2. The number of amides is 1. The maximum atomic E-state index is 12.7. The van der Waals surface area contributed by atoms with Crippen molar-refractivity contribution >= 4 is 22.9 Å². The Kier molecular flexibility index (Phi) is 7.02. The van der Waals surface area contributed by atoms with E-state index in [0.29, 0.717) is 11.5 Å². The minimum atomic E-state index is -0.0909. The van der Waals surface area contributed by atoms with Crippen LogP contribution in [0.4, 0.5) is 5.69 Å². The van der Waals surface area contributed by atoms with E-state index in [2.05, 4.69) is 16.3 Å². The zero-order chi connectivity index (χ0) is 21.6. The minimum Gasteiger partial charge on any atom is -0.488 e. The largest absolute Gasteiger partial charge is 0.488 e. The molecule has 1 aliphatic rings. The molecule has 1 aromatic heterocycles. The van der Waals surface area contributed by atoms with Crippen LogP contribution in [0.2, 0.25) is 0 Å². The van der Waals surface area contributed by atoms with Crippen molar-refractivity contribution < 1.29 is 14.3 Å². The summed E-state index contributed by atoms with van der Waals surface area (Å²) in [7, 11) is 0. The molecular weight excluding hydrogens is 408 g/mol. The van der Waals surface area contributed by atoms with Crippen LogP contribution >= 0.6 is 11.3 Å². The first-order chi connectivity index (χ1) is 15.1. The molecule has 3 aromatic rings. The first kappa shape index (κ1) is 21.6. The average Bonchev–Trinajstić information content (AvgIpc) is 3.24. The second-order valence-electron chi connectivity index (χ2n) is 7.87. The Hall–Kier alpha value is -2.67. The molecule has 0 spiro atoms. The molecule has 162 valence electrons. The van der Waals surface area contributed by atoms with Gasteiger partial charge in [-0.2, -0.15) is 0 Å². The summed E-state index contributed by atoms with van der Waals surface area (Å²) >= 11 is 1.44. The van der Waals surface area contributed by atoms with E-state index >= 15 is 0 Å². The van der Waals surface area contributed by atoms with Gasteiger partial charge < -0.3 is 14.8 Å². The first-order valence-electron chi connectivity index (χ1n) is 10.6. The normalized spacial score (nSPS) is 14.4. The van der Waals surface area contributed by atoms with E-state index in [9.17, 15) is 4.79 Å². The van der Waals surface area contributed by atoms with Crippen molar-refractivity contribution in [2.75, 3.05) is 31.6 Å². The van der Waals surface area contributed by atoms with Gasteiger partial charge in [-0.05, 0) is 54.1 Å². The molecule has 31 heavy (non-hydrogen) atoms. The highest BCUT2D eigenvalue weighted by molar-refractivity contribution is 7.12. The van der Waals surface area contributed by atoms with E-state index in [0.717, 1.165) is 61.0 Å². The summed E-state index contributed by atoms with van der Waals surface area (Å²) in [5.74, 6) is 0.823. The molecule has 0 aliphatic carbocycles. The second kappa shape index (κ2) is 10.1. The fourth-order valence-corrected chi connectivity index (χ4v) is 4.50. The molecule has 0 unspecified atom stereocenters. The molecule has 0 radical (unpaired) electrons. The Labute approximate surface area is 187 Å². The van der Waals surface area contributed by atoms with Crippen LogP contribution in [-0.4, -0.2) is 37.1 Å². The Morgan fingerprint density at radius 1 is 1.06 bits per heavy atom. The third-order valence-corrected chi connectivity index (χ3v) is 6.34. The topological polar surface area (TPSA) is 50.8 Å². The zero-order valence-electron chi connectivity index (χ0n) is 18.0. The van der Waals surface area contributed by atoms with Crippen LogP contribution in [-0.2, 0) is 17.9 Å². The molecule has 0 saturated carbocycles. The number of ether oxygens (including phenoxy) is 2. The smallest absolute Gasteiger partial charge is 0.265 e. The number of hydrogen-bond donors (Lipinski definition) is 1. The lowest BCUT2D eigenvalue weighted by molar-refractivity contribution is 0.0342. The molecule has 1 fully saturated rings. The number of carbonyl (C=O) groups excluding carboxylic acids is 1. The van der Waals surface area contributed by atoms with Gasteiger partial charge in [-0.25, -0.2) is 0 Å². The van der Waals surface area contributed by atoms with Crippen LogP contribution in [0.5, 0.6) is 5.75 Å². The maximum Gasteiger partial charge on any atom is 0.265 e. The highest BCUT2D eigenvalue weighted by atomic mass is 32.1. The number of para-hydroxylation sites is 1. The van der Waals surface area contributed by atoms with Crippen molar-refractivity contribution in [3.63, 3.8) is 0 Å². The number of anilines is 1. The summed E-state index contributed by atoms with van der Waals surface area (Å²) in [5.41, 5.74) is 5.24. The molecule has 2 aromatic carbocycles. The Balaban J connectivity index is 1.35. The van der Waals surface area contributed by atoms with Gasteiger partial charge in [0.1, 0.15) is 12.4 Å². The van der Waals surface area contributed by atoms with Gasteiger partial charge in [0.2, 0.25) is 0 Å². The molecule has 2 heterocycles. The lowest BCUT2D eigenvalue weighted by Gasteiger charge is -2.26. The summed E-state index contributed by atoms with van der Waals surface area (Å²) in [4.78, 5) is 15.8. The predicted octanol–water partition coefficient (Wildman–Crippen LogP) is 5.03. The predicted molar refractivity (Wildman–Crippen MR) is 125 cm³/mol. The van der Waals surface area contributed by atoms with Gasteiger partial charge in [-0.15, -0.1) is 11.3 Å². The summed E-state index contributed by atoms with van der Waals surface area (Å²) in [5, 5.41) is 5.01. The third kappa shape index (κ3) is 5.73. The summed E-state index contributed by atoms with van der Waals surface area (Å²) in [6, 6.07) is 16.1. The van der Waals surface area contributed by atoms with Crippen LogP contribution in [0.25, 0.3) is 0 Å². The second-order valence-corrected chi connectivity index (χ2v) is 8.78. The molecule has 0 atom stereocenters. The summed E-state index contributed by atoms with van der Waals surface area (Å²) in [6.45, 7) is 8.85. The molecule has 4 rings (SSSR count). The number of aryl methyl sites for hydroxylation is 2. The number of nitrogens with one attached hydrogen (secondary N) is 1. The molecular formula is C25H28N2O3S. The van der Waals surface area contributed by atoms with Crippen LogP contribution in [0.15, 0.2) is 53.9 Å². The fraction of sp³-hybridized carbons (Fsp3) is 0.320. The molecule has 1 N–H and O–H groups in total. The number of carbonyl (C=O) groups is 1. The lowest BCUT2D eigenvalue weighted by Crippen LogP contribution is -2.35. The number of hydrogen-bond acceptors (Lipinski definition) is 5. The lowest BCUT2D eigenvalue weighted by atomic mass is 10.1. The van der Waals surface area contributed by atoms with Crippen molar-refractivity contribution in [2.24, 2.45) is 0 Å². The number of rotatable bonds is 7. The van der Waals surface area contributed by atoms with Gasteiger partial charge in [-0.1, -0.05) is 30.3 Å². The van der Waals surface area contributed by atoms with Gasteiger partial charge in [0.25, 0.3) is 5.91 Å². The molecule has 0 bridgehead atoms. The van der Waals surface area contributed by atoms with E-state index in [4.69, 9.17) is 9.47 Å². The Morgan fingerprint density at radius 2 is 1.81 bits per heavy atom. The maximum absolute atomic E-state index is 12.7. The van der Waals surface area contributed by atoms with E-state index in [1.54, 1.807) is 0 Å². The Bertz CT molecular complexity index is 1020. The van der Waals surface area contributed by atoms with Crippen molar-refractivity contribution in [2.45, 2.75) is 27.0 Å². The highest BCUT2D eigenvalue weighted by Gasteiger charge is 2.13.